The first-order valence-corrected chi connectivity index (χ1v) is 6.52. The van der Waals surface area contributed by atoms with Crippen LogP contribution >= 0.6 is 0 Å². The molecule has 2 aromatic rings. The van der Waals surface area contributed by atoms with Gasteiger partial charge in [0, 0.05) is 24.3 Å². The Labute approximate surface area is 121 Å². The number of aliphatic carboxylic acids is 1. The molecule has 2 rings (SSSR count). The van der Waals surface area contributed by atoms with E-state index in [2.05, 4.69) is 0 Å². The van der Waals surface area contributed by atoms with Gasteiger partial charge in [-0.25, -0.2) is 8.78 Å². The van der Waals surface area contributed by atoms with Crippen LogP contribution in [0, 0.1) is 11.6 Å². The van der Waals surface area contributed by atoms with E-state index < -0.39 is 17.6 Å². The zero-order chi connectivity index (χ0) is 15.2. The summed E-state index contributed by atoms with van der Waals surface area (Å²) in [6.45, 7) is 0.330. The van der Waals surface area contributed by atoms with Crippen LogP contribution in [0.1, 0.15) is 12.0 Å². The third kappa shape index (κ3) is 4.27. The molecule has 0 aliphatic heterocycles. The van der Waals surface area contributed by atoms with Gasteiger partial charge in [0.1, 0.15) is 11.6 Å². The minimum absolute atomic E-state index is 0.0776. The van der Waals surface area contributed by atoms with Crippen molar-refractivity contribution >= 4 is 11.7 Å². The Kier molecular flexibility index (Phi) is 4.87. The molecular weight excluding hydrogens is 276 g/mol. The molecule has 0 fully saturated rings. The van der Waals surface area contributed by atoms with Crippen molar-refractivity contribution in [1.29, 1.82) is 0 Å². The van der Waals surface area contributed by atoms with Gasteiger partial charge in [-0.05, 0) is 30.3 Å². The van der Waals surface area contributed by atoms with Crippen molar-refractivity contribution in [3.05, 3.63) is 65.7 Å². The maximum Gasteiger partial charge on any atom is 0.305 e. The van der Waals surface area contributed by atoms with Gasteiger partial charge in [0.15, 0.2) is 0 Å². The van der Waals surface area contributed by atoms with Gasteiger partial charge in [0.05, 0.1) is 6.42 Å². The summed E-state index contributed by atoms with van der Waals surface area (Å²) in [5.74, 6) is -1.96. The zero-order valence-corrected chi connectivity index (χ0v) is 11.3. The number of halogens is 2. The average Bonchev–Trinajstić information content (AvgIpc) is 2.47. The van der Waals surface area contributed by atoms with Gasteiger partial charge in [-0.1, -0.05) is 18.2 Å². The summed E-state index contributed by atoms with van der Waals surface area (Å²) >= 11 is 0. The molecule has 0 radical (unpaired) electrons. The molecule has 0 saturated carbocycles. The van der Waals surface area contributed by atoms with Crippen LogP contribution in [0.2, 0.25) is 0 Å². The minimum atomic E-state index is -0.935. The first-order valence-electron chi connectivity index (χ1n) is 6.52. The lowest BCUT2D eigenvalue weighted by molar-refractivity contribution is -0.136. The summed E-state index contributed by atoms with van der Waals surface area (Å²) in [6.07, 6.45) is -0.0776. The van der Waals surface area contributed by atoms with Crippen molar-refractivity contribution in [2.24, 2.45) is 0 Å². The van der Waals surface area contributed by atoms with Gasteiger partial charge < -0.3 is 10.0 Å². The van der Waals surface area contributed by atoms with Crippen LogP contribution in [-0.4, -0.2) is 17.6 Å². The summed E-state index contributed by atoms with van der Waals surface area (Å²) in [6, 6.07) is 12.3. The van der Waals surface area contributed by atoms with Gasteiger partial charge in [-0.3, -0.25) is 4.79 Å². The van der Waals surface area contributed by atoms with Crippen LogP contribution < -0.4 is 4.90 Å². The fraction of sp³-hybridized carbons (Fsp3) is 0.188. The Morgan fingerprint density at radius 1 is 1.10 bits per heavy atom. The first-order chi connectivity index (χ1) is 10.1. The molecule has 0 heterocycles. The summed E-state index contributed by atoms with van der Waals surface area (Å²) in [4.78, 5) is 12.5. The van der Waals surface area contributed by atoms with Crippen LogP contribution in [0.15, 0.2) is 48.5 Å². The number of carbonyl (C=O) groups is 1. The first kappa shape index (κ1) is 15.0. The van der Waals surface area contributed by atoms with E-state index in [4.69, 9.17) is 5.11 Å². The number of benzene rings is 2. The number of hydrogen-bond donors (Lipinski definition) is 1. The summed E-state index contributed by atoms with van der Waals surface area (Å²) < 4.78 is 27.0. The molecule has 110 valence electrons. The number of para-hydroxylation sites is 1. The lowest BCUT2D eigenvalue weighted by Gasteiger charge is -2.24. The molecule has 0 spiro atoms. The lowest BCUT2D eigenvalue weighted by atomic mass is 10.1. The third-order valence-electron chi connectivity index (χ3n) is 3.09. The molecule has 0 aliphatic rings. The van der Waals surface area contributed by atoms with Crippen molar-refractivity contribution in [1.82, 2.24) is 0 Å². The Morgan fingerprint density at radius 2 is 1.81 bits per heavy atom. The number of carboxylic acids is 1. The van der Waals surface area contributed by atoms with Gasteiger partial charge >= 0.3 is 5.97 Å². The molecule has 0 unspecified atom stereocenters. The topological polar surface area (TPSA) is 40.5 Å². The predicted molar refractivity (Wildman–Crippen MR) is 76.1 cm³/mol. The minimum Gasteiger partial charge on any atom is -0.481 e. The van der Waals surface area contributed by atoms with Gasteiger partial charge in [-0.2, -0.15) is 0 Å². The van der Waals surface area contributed by atoms with E-state index in [0.29, 0.717) is 0 Å². The Balaban J connectivity index is 2.23. The average molecular weight is 291 g/mol. The van der Waals surface area contributed by atoms with Crippen molar-refractivity contribution in [2.75, 3.05) is 11.4 Å². The highest BCUT2D eigenvalue weighted by molar-refractivity contribution is 5.67. The normalized spacial score (nSPS) is 10.4. The Morgan fingerprint density at radius 3 is 2.48 bits per heavy atom. The largest absolute Gasteiger partial charge is 0.481 e. The molecule has 0 amide bonds. The number of carboxylic acid groups (broad SMARTS) is 1. The predicted octanol–water partition coefficient (Wildman–Crippen LogP) is 3.45. The van der Waals surface area contributed by atoms with Crippen LogP contribution in [0.4, 0.5) is 14.5 Å². The van der Waals surface area contributed by atoms with Crippen molar-refractivity contribution in [3.8, 4) is 0 Å². The molecule has 0 bridgehead atoms. The monoisotopic (exact) mass is 291 g/mol. The fourth-order valence-corrected chi connectivity index (χ4v) is 2.04. The van der Waals surface area contributed by atoms with Crippen LogP contribution in [-0.2, 0) is 11.3 Å². The molecule has 21 heavy (non-hydrogen) atoms. The highest BCUT2D eigenvalue weighted by Gasteiger charge is 2.12. The number of rotatable bonds is 6. The van der Waals surface area contributed by atoms with Gasteiger partial charge in [-0.15, -0.1) is 0 Å². The maximum atomic E-state index is 13.7. The van der Waals surface area contributed by atoms with Gasteiger partial charge in [0.2, 0.25) is 0 Å². The number of hydrogen-bond acceptors (Lipinski definition) is 2. The highest BCUT2D eigenvalue weighted by Crippen LogP contribution is 2.19. The molecule has 0 atom stereocenters. The lowest BCUT2D eigenvalue weighted by Crippen LogP contribution is -2.26. The fourth-order valence-electron chi connectivity index (χ4n) is 2.04. The van der Waals surface area contributed by atoms with Crippen LogP contribution in [0.25, 0.3) is 0 Å². The number of anilines is 1. The maximum absolute atomic E-state index is 13.7. The molecule has 0 aliphatic carbocycles. The summed E-state index contributed by atoms with van der Waals surface area (Å²) in [5.41, 5.74) is 0.964. The second-order valence-electron chi connectivity index (χ2n) is 4.64. The Hall–Kier alpha value is -2.43. The van der Waals surface area contributed by atoms with E-state index in [1.54, 1.807) is 17.0 Å². The van der Waals surface area contributed by atoms with E-state index >= 15 is 0 Å². The van der Waals surface area contributed by atoms with E-state index in [1.807, 2.05) is 18.2 Å². The second kappa shape index (κ2) is 6.83. The molecule has 0 saturated heterocycles. The van der Waals surface area contributed by atoms with Crippen LogP contribution in [0.3, 0.4) is 0 Å². The molecular formula is C16H15F2NO2. The molecule has 5 heteroatoms. The van der Waals surface area contributed by atoms with E-state index in [0.717, 1.165) is 23.9 Å². The van der Waals surface area contributed by atoms with E-state index in [-0.39, 0.29) is 25.1 Å². The quantitative estimate of drug-likeness (QED) is 0.886. The van der Waals surface area contributed by atoms with E-state index in [9.17, 15) is 13.6 Å². The summed E-state index contributed by atoms with van der Waals surface area (Å²) in [7, 11) is 0. The molecule has 2 aromatic carbocycles. The van der Waals surface area contributed by atoms with Crippen molar-refractivity contribution in [3.63, 3.8) is 0 Å². The van der Waals surface area contributed by atoms with Crippen LogP contribution in [0.5, 0.6) is 0 Å². The summed E-state index contributed by atoms with van der Waals surface area (Å²) in [5, 5.41) is 8.81. The highest BCUT2D eigenvalue weighted by atomic mass is 19.1. The van der Waals surface area contributed by atoms with Crippen molar-refractivity contribution < 1.29 is 18.7 Å². The third-order valence-corrected chi connectivity index (χ3v) is 3.09. The van der Waals surface area contributed by atoms with E-state index in [1.165, 1.54) is 0 Å². The standard InChI is InChI=1S/C16H15F2NO2/c17-13-6-7-15(18)12(10-13)11-19(9-8-16(20)21)14-4-2-1-3-5-14/h1-7,10H,8-9,11H2,(H,20,21). The van der Waals surface area contributed by atoms with Crippen molar-refractivity contribution in [2.45, 2.75) is 13.0 Å². The molecule has 1 N–H and O–H groups in total. The van der Waals surface area contributed by atoms with Gasteiger partial charge in [0.25, 0.3) is 0 Å². The SMILES string of the molecule is O=C(O)CCN(Cc1cc(F)ccc1F)c1ccccc1. The zero-order valence-electron chi connectivity index (χ0n) is 11.3. The Bertz CT molecular complexity index is 617. The number of nitrogens with zero attached hydrogens (tertiary/aromatic N) is 1. The smallest absolute Gasteiger partial charge is 0.305 e. The molecule has 0 aromatic heterocycles. The second-order valence-corrected chi connectivity index (χ2v) is 4.64. The molecule has 3 nitrogen and oxygen atoms in total.